The van der Waals surface area contributed by atoms with Crippen LogP contribution in [0.15, 0.2) is 0 Å². The monoisotopic (exact) mass is 327 g/mol. The highest BCUT2D eigenvalue weighted by Gasteiger charge is 2.12. The summed E-state index contributed by atoms with van der Waals surface area (Å²) in [6, 6.07) is 0. The van der Waals surface area contributed by atoms with Crippen LogP contribution >= 0.6 is 0 Å². The second-order valence-electron chi connectivity index (χ2n) is 6.77. The fraction of sp³-hybridized carbons (Fsp3) is 0.952. The molecule has 2 atom stereocenters. The van der Waals surface area contributed by atoms with Crippen molar-refractivity contribution in [2.75, 3.05) is 13.7 Å². The van der Waals surface area contributed by atoms with Gasteiger partial charge in [0.25, 0.3) is 0 Å². The third kappa shape index (κ3) is 15.2. The van der Waals surface area contributed by atoms with Crippen LogP contribution in [0.1, 0.15) is 104 Å². The molecule has 0 saturated heterocycles. The van der Waals surface area contributed by atoms with Crippen molar-refractivity contribution < 1.29 is 9.47 Å². The van der Waals surface area contributed by atoms with Crippen molar-refractivity contribution in [2.45, 2.75) is 116 Å². The van der Waals surface area contributed by atoms with E-state index in [1.54, 1.807) is 0 Å². The molecule has 0 bridgehead atoms. The summed E-state index contributed by atoms with van der Waals surface area (Å²) >= 11 is 0. The van der Waals surface area contributed by atoms with E-state index < -0.39 is 0 Å². The van der Waals surface area contributed by atoms with Crippen LogP contribution in [0.3, 0.4) is 0 Å². The highest BCUT2D eigenvalue weighted by Crippen LogP contribution is 2.18. The molecule has 0 spiro atoms. The van der Waals surface area contributed by atoms with Crippen LogP contribution in [-0.4, -0.2) is 25.9 Å². The normalized spacial score (nSPS) is 14.1. The summed E-state index contributed by atoms with van der Waals surface area (Å²) in [6.45, 7) is 9.07. The van der Waals surface area contributed by atoms with Gasteiger partial charge in [0.15, 0.2) is 0 Å². The van der Waals surface area contributed by atoms with Gasteiger partial charge in [-0.1, -0.05) is 78.1 Å². The van der Waals surface area contributed by atoms with E-state index in [1.165, 1.54) is 70.6 Å². The van der Waals surface area contributed by atoms with Gasteiger partial charge in [-0.2, -0.15) is 0 Å². The summed E-state index contributed by atoms with van der Waals surface area (Å²) in [5, 5.41) is 0. The lowest BCUT2D eigenvalue weighted by Crippen LogP contribution is -2.18. The second kappa shape index (κ2) is 18.3. The molecule has 0 aromatic rings. The highest BCUT2D eigenvalue weighted by molar-refractivity contribution is 4.64. The van der Waals surface area contributed by atoms with Crippen molar-refractivity contribution in [1.82, 2.24) is 0 Å². The Morgan fingerprint density at radius 3 is 1.78 bits per heavy atom. The summed E-state index contributed by atoms with van der Waals surface area (Å²) < 4.78 is 11.5. The van der Waals surface area contributed by atoms with Gasteiger partial charge in [-0.05, 0) is 32.6 Å². The van der Waals surface area contributed by atoms with Crippen molar-refractivity contribution in [3.63, 3.8) is 0 Å². The molecule has 0 aliphatic carbocycles. The average Bonchev–Trinajstić information content (AvgIpc) is 2.56. The maximum atomic E-state index is 5.93. The predicted molar refractivity (Wildman–Crippen MR) is 102 cm³/mol. The number of hydrogen-bond acceptors (Lipinski definition) is 2. The molecule has 0 rings (SSSR count). The first-order valence-corrected chi connectivity index (χ1v) is 10.2. The SMILES string of the molecule is [CH2]CCCCCCCCCCC(CCC(CCC)OC)OCC. The van der Waals surface area contributed by atoms with E-state index in [9.17, 15) is 0 Å². The van der Waals surface area contributed by atoms with Gasteiger partial charge in [-0.25, -0.2) is 0 Å². The van der Waals surface area contributed by atoms with E-state index in [-0.39, 0.29) is 0 Å². The van der Waals surface area contributed by atoms with Crippen LogP contribution in [0, 0.1) is 6.92 Å². The number of unbranched alkanes of at least 4 members (excludes halogenated alkanes) is 8. The van der Waals surface area contributed by atoms with Crippen LogP contribution in [0.25, 0.3) is 0 Å². The maximum absolute atomic E-state index is 5.93. The molecule has 0 aromatic heterocycles. The van der Waals surface area contributed by atoms with E-state index in [0.717, 1.165) is 25.9 Å². The first-order chi connectivity index (χ1) is 11.3. The van der Waals surface area contributed by atoms with Gasteiger partial charge >= 0.3 is 0 Å². The van der Waals surface area contributed by atoms with E-state index in [2.05, 4.69) is 20.8 Å². The lowest BCUT2D eigenvalue weighted by molar-refractivity contribution is 0.0249. The summed E-state index contributed by atoms with van der Waals surface area (Å²) in [7, 11) is 1.84. The first kappa shape index (κ1) is 22.9. The average molecular weight is 328 g/mol. The van der Waals surface area contributed by atoms with Gasteiger partial charge in [-0.3, -0.25) is 0 Å². The zero-order valence-electron chi connectivity index (χ0n) is 16.3. The highest BCUT2D eigenvalue weighted by atomic mass is 16.5. The Balaban J connectivity index is 3.63. The van der Waals surface area contributed by atoms with Gasteiger partial charge in [0.2, 0.25) is 0 Å². The zero-order valence-corrected chi connectivity index (χ0v) is 16.3. The number of ether oxygens (including phenoxy) is 2. The molecular formula is C21H43O2. The first-order valence-electron chi connectivity index (χ1n) is 10.2. The third-order valence-corrected chi connectivity index (χ3v) is 4.68. The van der Waals surface area contributed by atoms with Gasteiger partial charge < -0.3 is 9.47 Å². The van der Waals surface area contributed by atoms with Crippen molar-refractivity contribution in [3.8, 4) is 0 Å². The van der Waals surface area contributed by atoms with Gasteiger partial charge in [0.1, 0.15) is 0 Å². The predicted octanol–water partition coefficient (Wildman–Crippen LogP) is 6.72. The van der Waals surface area contributed by atoms with E-state index in [1.807, 2.05) is 7.11 Å². The van der Waals surface area contributed by atoms with E-state index in [4.69, 9.17) is 9.47 Å². The fourth-order valence-corrected chi connectivity index (χ4v) is 3.23. The molecule has 0 saturated carbocycles. The van der Waals surface area contributed by atoms with Crippen LogP contribution in [0.5, 0.6) is 0 Å². The molecular weight excluding hydrogens is 284 g/mol. The maximum Gasteiger partial charge on any atom is 0.0576 e. The van der Waals surface area contributed by atoms with Crippen molar-refractivity contribution >= 4 is 0 Å². The van der Waals surface area contributed by atoms with Crippen molar-refractivity contribution in [2.24, 2.45) is 0 Å². The molecule has 0 heterocycles. The second-order valence-corrected chi connectivity index (χ2v) is 6.77. The zero-order chi connectivity index (χ0) is 17.2. The minimum Gasteiger partial charge on any atom is -0.381 e. The van der Waals surface area contributed by atoms with Gasteiger partial charge in [0.05, 0.1) is 12.2 Å². The molecule has 1 radical (unpaired) electrons. The van der Waals surface area contributed by atoms with E-state index in [0.29, 0.717) is 12.2 Å². The Morgan fingerprint density at radius 2 is 1.26 bits per heavy atom. The smallest absolute Gasteiger partial charge is 0.0576 e. The Hall–Kier alpha value is -0.0800. The standard InChI is InChI=1S/C21H43O2/c1-5-8-9-10-11-12-13-14-15-17-21(23-7-3)19-18-20(22-4)16-6-2/h20-21H,1,5-19H2,2-4H3. The Labute approximate surface area is 146 Å². The minimum absolute atomic E-state index is 0.418. The summed E-state index contributed by atoms with van der Waals surface area (Å²) in [5.41, 5.74) is 0. The van der Waals surface area contributed by atoms with Crippen LogP contribution in [-0.2, 0) is 9.47 Å². The Kier molecular flexibility index (Phi) is 18.2. The minimum atomic E-state index is 0.418. The van der Waals surface area contributed by atoms with Gasteiger partial charge in [0, 0.05) is 13.7 Å². The van der Waals surface area contributed by atoms with E-state index >= 15 is 0 Å². The summed E-state index contributed by atoms with van der Waals surface area (Å²) in [4.78, 5) is 0. The summed E-state index contributed by atoms with van der Waals surface area (Å²) in [5.74, 6) is 0. The van der Waals surface area contributed by atoms with Crippen molar-refractivity contribution in [1.29, 1.82) is 0 Å². The molecule has 0 N–H and O–H groups in total. The lowest BCUT2D eigenvalue weighted by atomic mass is 10.0. The third-order valence-electron chi connectivity index (χ3n) is 4.68. The Morgan fingerprint density at radius 1 is 0.696 bits per heavy atom. The lowest BCUT2D eigenvalue weighted by Gasteiger charge is -2.20. The fourth-order valence-electron chi connectivity index (χ4n) is 3.23. The van der Waals surface area contributed by atoms with Crippen LogP contribution < -0.4 is 0 Å². The number of hydrogen-bond donors (Lipinski definition) is 0. The summed E-state index contributed by atoms with van der Waals surface area (Å²) in [6.07, 6.45) is 18.8. The molecule has 2 unspecified atom stereocenters. The van der Waals surface area contributed by atoms with Crippen LogP contribution in [0.4, 0.5) is 0 Å². The molecule has 0 aliphatic heterocycles. The molecule has 0 fully saturated rings. The molecule has 0 aliphatic rings. The molecule has 23 heavy (non-hydrogen) atoms. The molecule has 2 nitrogen and oxygen atoms in total. The number of methoxy groups -OCH3 is 1. The van der Waals surface area contributed by atoms with Crippen LogP contribution in [0.2, 0.25) is 0 Å². The van der Waals surface area contributed by atoms with Crippen molar-refractivity contribution in [3.05, 3.63) is 6.92 Å². The van der Waals surface area contributed by atoms with Gasteiger partial charge in [-0.15, -0.1) is 0 Å². The topological polar surface area (TPSA) is 18.5 Å². The quantitative estimate of drug-likeness (QED) is 0.260. The Bertz CT molecular complexity index is 218. The molecule has 139 valence electrons. The molecule has 0 aromatic carbocycles. The largest absolute Gasteiger partial charge is 0.381 e. The molecule has 0 amide bonds. The number of rotatable bonds is 18. The molecule has 2 heteroatoms.